The van der Waals surface area contributed by atoms with Crippen molar-refractivity contribution < 1.29 is 14.6 Å². The third-order valence-corrected chi connectivity index (χ3v) is 3.38. The van der Waals surface area contributed by atoms with Crippen LogP contribution in [0.4, 0.5) is 0 Å². The molecule has 0 aromatic rings. The number of rotatable bonds is 14. The normalized spacial score (nSPS) is 10.6. The molecule has 0 fully saturated rings. The quantitative estimate of drug-likeness (QED) is 0.341. The van der Waals surface area contributed by atoms with Crippen LogP contribution in [0.3, 0.4) is 0 Å². The Kier molecular flexibility index (Phi) is 15.0. The summed E-state index contributed by atoms with van der Waals surface area (Å²) in [6, 6.07) is 0. The lowest BCUT2D eigenvalue weighted by molar-refractivity contribution is -0.149. The third kappa shape index (κ3) is 15.4. The van der Waals surface area contributed by atoms with E-state index >= 15 is 0 Å². The average molecular weight is 271 g/mol. The second-order valence-corrected chi connectivity index (χ2v) is 5.25. The first-order chi connectivity index (χ1) is 9.31. The van der Waals surface area contributed by atoms with Crippen LogP contribution in [-0.4, -0.2) is 19.2 Å². The summed E-state index contributed by atoms with van der Waals surface area (Å²) >= 11 is 0. The second-order valence-electron chi connectivity index (χ2n) is 5.25. The topological polar surface area (TPSA) is 46.2 Å². The summed E-state index contributed by atoms with van der Waals surface area (Å²) < 4.78 is 4.73. The van der Waals surface area contributed by atoms with Gasteiger partial charge in [-0.15, -0.1) is 0 Å². The van der Waals surface area contributed by atoms with E-state index < -0.39 is 12.6 Å². The first-order valence-corrected chi connectivity index (χ1v) is 8.05. The van der Waals surface area contributed by atoms with Gasteiger partial charge in [0.2, 0.25) is 0 Å². The standard InChI is InChI=1S/C16H31O3/c1-2-3-4-5-6-7-8-9-10-11-12-13-14-19-16(18)15-17/h2-15H2,1H3. The summed E-state index contributed by atoms with van der Waals surface area (Å²) in [4.78, 5) is 10.6. The Morgan fingerprint density at radius 2 is 1.16 bits per heavy atom. The van der Waals surface area contributed by atoms with Crippen molar-refractivity contribution in [3.05, 3.63) is 0 Å². The van der Waals surface area contributed by atoms with Crippen molar-refractivity contribution in [3.63, 3.8) is 0 Å². The van der Waals surface area contributed by atoms with E-state index in [4.69, 9.17) is 4.74 Å². The number of carbonyl (C=O) groups excluding carboxylic acids is 1. The first kappa shape index (κ1) is 18.4. The highest BCUT2D eigenvalue weighted by Crippen LogP contribution is 2.11. The van der Waals surface area contributed by atoms with Gasteiger partial charge in [-0.05, 0) is 6.42 Å². The summed E-state index contributed by atoms with van der Waals surface area (Å²) in [5, 5.41) is 10.1. The van der Waals surface area contributed by atoms with E-state index in [9.17, 15) is 9.90 Å². The van der Waals surface area contributed by atoms with Crippen molar-refractivity contribution in [2.45, 2.75) is 84.0 Å². The molecule has 1 radical (unpaired) electrons. The van der Waals surface area contributed by atoms with Crippen LogP contribution in [0.15, 0.2) is 0 Å². The van der Waals surface area contributed by atoms with Gasteiger partial charge in [-0.3, -0.25) is 0 Å². The van der Waals surface area contributed by atoms with E-state index in [2.05, 4.69) is 6.92 Å². The van der Waals surface area contributed by atoms with Crippen molar-refractivity contribution in [2.75, 3.05) is 13.2 Å². The minimum Gasteiger partial charge on any atom is -0.464 e. The highest BCUT2D eigenvalue weighted by Gasteiger charge is 1.99. The largest absolute Gasteiger partial charge is 0.464 e. The number of carbonyl (C=O) groups is 1. The molecule has 0 aliphatic heterocycles. The fourth-order valence-corrected chi connectivity index (χ4v) is 2.17. The van der Waals surface area contributed by atoms with Crippen molar-refractivity contribution in [2.24, 2.45) is 0 Å². The minimum absolute atomic E-state index is 0.415. The summed E-state index contributed by atoms with van der Waals surface area (Å²) in [6.07, 6.45) is 15.5. The maximum Gasteiger partial charge on any atom is 0.335 e. The van der Waals surface area contributed by atoms with Crippen molar-refractivity contribution in [3.8, 4) is 0 Å². The Morgan fingerprint density at radius 3 is 1.58 bits per heavy atom. The molecule has 0 aromatic heterocycles. The average Bonchev–Trinajstić information content (AvgIpc) is 2.43. The van der Waals surface area contributed by atoms with E-state index in [-0.39, 0.29) is 0 Å². The van der Waals surface area contributed by atoms with Crippen LogP contribution < -0.4 is 0 Å². The molecule has 0 amide bonds. The highest BCUT2D eigenvalue weighted by molar-refractivity contribution is 5.70. The molecule has 0 bridgehead atoms. The number of hydrogen-bond acceptors (Lipinski definition) is 2. The lowest BCUT2D eigenvalue weighted by Gasteiger charge is -2.03. The lowest BCUT2D eigenvalue weighted by atomic mass is 10.1. The zero-order valence-electron chi connectivity index (χ0n) is 12.6. The number of ether oxygens (including phenoxy) is 1. The number of unbranched alkanes of at least 4 members (excludes halogenated alkanes) is 11. The van der Waals surface area contributed by atoms with Gasteiger partial charge in [-0.25, -0.2) is 9.90 Å². The van der Waals surface area contributed by atoms with Gasteiger partial charge in [0, 0.05) is 0 Å². The van der Waals surface area contributed by atoms with Crippen molar-refractivity contribution in [1.29, 1.82) is 0 Å². The van der Waals surface area contributed by atoms with Crippen molar-refractivity contribution in [1.82, 2.24) is 0 Å². The Bertz CT molecular complexity index is 192. The van der Waals surface area contributed by atoms with Crippen LogP contribution in [0.25, 0.3) is 0 Å². The Morgan fingerprint density at radius 1 is 0.737 bits per heavy atom. The second kappa shape index (κ2) is 15.5. The molecular weight excluding hydrogens is 240 g/mol. The molecule has 0 saturated carbocycles. The fourth-order valence-electron chi connectivity index (χ4n) is 2.17. The molecule has 0 atom stereocenters. The van der Waals surface area contributed by atoms with E-state index in [1.807, 2.05) is 0 Å². The molecule has 0 aromatic carbocycles. The summed E-state index contributed by atoms with van der Waals surface area (Å²) in [6.45, 7) is 1.92. The predicted molar refractivity (Wildman–Crippen MR) is 77.6 cm³/mol. The fraction of sp³-hybridized carbons (Fsp3) is 0.938. The van der Waals surface area contributed by atoms with Crippen molar-refractivity contribution >= 4 is 5.97 Å². The molecular formula is C16H31O3. The molecule has 0 aliphatic rings. The van der Waals surface area contributed by atoms with E-state index in [0.717, 1.165) is 12.8 Å². The van der Waals surface area contributed by atoms with Crippen LogP contribution >= 0.6 is 0 Å². The molecule has 0 spiro atoms. The molecule has 0 rings (SSSR count). The maximum atomic E-state index is 10.6. The van der Waals surface area contributed by atoms with Crippen LogP contribution in [0, 0.1) is 0 Å². The monoisotopic (exact) mass is 271 g/mol. The van der Waals surface area contributed by atoms with Gasteiger partial charge in [0.1, 0.15) is 0 Å². The van der Waals surface area contributed by atoms with Crippen LogP contribution in [0.5, 0.6) is 0 Å². The van der Waals surface area contributed by atoms with Gasteiger partial charge in [0.05, 0.1) is 6.61 Å². The molecule has 3 nitrogen and oxygen atoms in total. The maximum absolute atomic E-state index is 10.6. The van der Waals surface area contributed by atoms with Gasteiger partial charge >= 0.3 is 5.97 Å². The minimum atomic E-state index is -0.752. The Balaban J connectivity index is 2.97. The van der Waals surface area contributed by atoms with Gasteiger partial charge in [-0.1, -0.05) is 77.6 Å². The van der Waals surface area contributed by atoms with Crippen LogP contribution in [-0.2, 0) is 14.6 Å². The zero-order chi connectivity index (χ0) is 14.2. The zero-order valence-corrected chi connectivity index (χ0v) is 12.6. The summed E-state index contributed by atoms with van der Waals surface area (Å²) in [5.74, 6) is -0.622. The molecule has 19 heavy (non-hydrogen) atoms. The van der Waals surface area contributed by atoms with E-state index in [1.165, 1.54) is 64.2 Å². The Labute approximate surface area is 118 Å². The molecule has 0 aliphatic carbocycles. The van der Waals surface area contributed by atoms with Crippen LogP contribution in [0.1, 0.15) is 84.0 Å². The molecule has 0 heterocycles. The molecule has 0 unspecified atom stereocenters. The predicted octanol–water partition coefficient (Wildman–Crippen LogP) is 4.66. The number of hydrogen-bond donors (Lipinski definition) is 0. The summed E-state index contributed by atoms with van der Waals surface area (Å²) in [7, 11) is 0. The Hall–Kier alpha value is -0.570. The lowest BCUT2D eigenvalue weighted by Crippen LogP contribution is -2.08. The third-order valence-electron chi connectivity index (χ3n) is 3.38. The smallest absolute Gasteiger partial charge is 0.335 e. The summed E-state index contributed by atoms with van der Waals surface area (Å²) in [5.41, 5.74) is 0. The van der Waals surface area contributed by atoms with Gasteiger partial charge < -0.3 is 4.74 Å². The molecule has 0 N–H and O–H groups in total. The molecule has 0 saturated heterocycles. The highest BCUT2D eigenvalue weighted by atomic mass is 16.5. The van der Waals surface area contributed by atoms with Gasteiger partial charge in [0.25, 0.3) is 0 Å². The SMILES string of the molecule is CCCCCCCCCCCCCCOC(=O)C[O]. The molecule has 113 valence electrons. The van der Waals surface area contributed by atoms with Crippen LogP contribution in [0.2, 0.25) is 0 Å². The first-order valence-electron chi connectivity index (χ1n) is 8.05. The van der Waals surface area contributed by atoms with E-state index in [0.29, 0.717) is 6.61 Å². The molecule has 3 heteroatoms. The van der Waals surface area contributed by atoms with Gasteiger partial charge in [0.15, 0.2) is 6.61 Å². The van der Waals surface area contributed by atoms with Gasteiger partial charge in [-0.2, -0.15) is 0 Å². The van der Waals surface area contributed by atoms with E-state index in [1.54, 1.807) is 0 Å². The number of esters is 1.